The van der Waals surface area contributed by atoms with E-state index in [-0.39, 0.29) is 43.1 Å². The molecule has 0 saturated carbocycles. The van der Waals surface area contributed by atoms with E-state index in [1.165, 1.54) is 17.9 Å². The van der Waals surface area contributed by atoms with Crippen molar-refractivity contribution in [2.45, 2.75) is 52.2 Å². The SMILES string of the molecule is CC[C@@H](C)NC(=O)[C@H](Cc1ccccc1)N(Cc1ccc(Cl)cc1Cl)C(=O)CN(c1ccc2c(c1)OCO2)S(=O)(=O)CC. The molecule has 4 rings (SSSR count). The maximum atomic E-state index is 14.3. The molecule has 0 bridgehead atoms. The number of nitrogens with zero attached hydrogens (tertiary/aromatic N) is 2. The molecule has 0 radical (unpaired) electrons. The van der Waals surface area contributed by atoms with Gasteiger partial charge in [0, 0.05) is 35.1 Å². The van der Waals surface area contributed by atoms with E-state index in [1.807, 2.05) is 44.2 Å². The van der Waals surface area contributed by atoms with Crippen LogP contribution in [-0.4, -0.2) is 56.3 Å². The highest BCUT2D eigenvalue weighted by Crippen LogP contribution is 2.36. The summed E-state index contributed by atoms with van der Waals surface area (Å²) in [5, 5.41) is 3.74. The predicted octanol–water partition coefficient (Wildman–Crippen LogP) is 5.43. The second-order valence-corrected chi connectivity index (χ2v) is 13.3. The molecular formula is C31H35Cl2N3O6S. The molecule has 3 aromatic rings. The summed E-state index contributed by atoms with van der Waals surface area (Å²) in [4.78, 5) is 29.5. The molecule has 0 saturated heterocycles. The molecule has 0 unspecified atom stereocenters. The Labute approximate surface area is 262 Å². The van der Waals surface area contributed by atoms with Crippen LogP contribution in [0.3, 0.4) is 0 Å². The van der Waals surface area contributed by atoms with E-state index in [1.54, 1.807) is 30.3 Å². The van der Waals surface area contributed by atoms with Gasteiger partial charge in [0.1, 0.15) is 12.6 Å². The summed E-state index contributed by atoms with van der Waals surface area (Å²) in [5.41, 5.74) is 1.63. The minimum absolute atomic E-state index is 0.0142. The first-order valence-corrected chi connectivity index (χ1v) is 16.4. The first-order chi connectivity index (χ1) is 20.5. The number of carbonyl (C=O) groups excluding carboxylic acids is 2. The molecule has 0 aliphatic carbocycles. The number of sulfonamides is 1. The minimum atomic E-state index is -3.93. The van der Waals surface area contributed by atoms with Gasteiger partial charge >= 0.3 is 0 Å². The Morgan fingerprint density at radius 1 is 0.977 bits per heavy atom. The van der Waals surface area contributed by atoms with Crippen LogP contribution in [0, 0.1) is 0 Å². The molecule has 1 heterocycles. The van der Waals surface area contributed by atoms with Gasteiger partial charge in [-0.05, 0) is 55.7 Å². The fourth-order valence-electron chi connectivity index (χ4n) is 4.59. The topological polar surface area (TPSA) is 105 Å². The number of nitrogens with one attached hydrogen (secondary N) is 1. The molecule has 2 amide bonds. The number of amides is 2. The molecule has 3 aromatic carbocycles. The van der Waals surface area contributed by atoms with Gasteiger partial charge < -0.3 is 19.7 Å². The number of anilines is 1. The van der Waals surface area contributed by atoms with Crippen LogP contribution >= 0.6 is 23.2 Å². The largest absolute Gasteiger partial charge is 0.454 e. The third kappa shape index (κ3) is 8.13. The lowest BCUT2D eigenvalue weighted by Crippen LogP contribution is -2.54. The van der Waals surface area contributed by atoms with Gasteiger partial charge in [0.05, 0.1) is 11.4 Å². The van der Waals surface area contributed by atoms with Crippen molar-refractivity contribution < 1.29 is 27.5 Å². The van der Waals surface area contributed by atoms with Gasteiger partial charge in [0.25, 0.3) is 0 Å². The number of halogens is 2. The van der Waals surface area contributed by atoms with Gasteiger partial charge in [-0.1, -0.05) is 66.5 Å². The first kappa shape index (κ1) is 32.4. The Bertz CT molecular complexity index is 1550. The highest BCUT2D eigenvalue weighted by Gasteiger charge is 2.34. The van der Waals surface area contributed by atoms with Crippen LogP contribution in [0.1, 0.15) is 38.3 Å². The standard InChI is InChI=1S/C31H35Cl2N3O6S/c1-4-21(3)34-31(38)27(15-22-9-7-6-8-10-22)35(18-23-11-12-24(32)16-26(23)33)30(37)19-36(43(39,40)5-2)25-13-14-28-29(17-25)42-20-41-28/h6-14,16-17,21,27H,4-5,15,18-20H2,1-3H3,(H,34,38)/t21-,27+/m1/s1. The second-order valence-electron chi connectivity index (χ2n) is 10.2. The molecule has 1 N–H and O–H groups in total. The molecule has 12 heteroatoms. The van der Waals surface area contributed by atoms with Crippen LogP contribution < -0.4 is 19.1 Å². The van der Waals surface area contributed by atoms with E-state index in [0.29, 0.717) is 33.5 Å². The van der Waals surface area contributed by atoms with Gasteiger partial charge in [0.2, 0.25) is 28.6 Å². The summed E-state index contributed by atoms with van der Waals surface area (Å²) in [6.07, 6.45) is 0.887. The summed E-state index contributed by atoms with van der Waals surface area (Å²) in [5.74, 6) is -0.335. The second kappa shape index (κ2) is 14.3. The summed E-state index contributed by atoms with van der Waals surface area (Å²) in [6, 6.07) is 17.8. The summed E-state index contributed by atoms with van der Waals surface area (Å²) in [6.45, 7) is 4.74. The zero-order valence-corrected chi connectivity index (χ0v) is 26.6. The average Bonchev–Trinajstić information content (AvgIpc) is 3.47. The van der Waals surface area contributed by atoms with E-state index in [9.17, 15) is 18.0 Å². The minimum Gasteiger partial charge on any atom is -0.454 e. The summed E-state index contributed by atoms with van der Waals surface area (Å²) < 4.78 is 38.6. The molecule has 1 aliphatic rings. The van der Waals surface area contributed by atoms with Gasteiger partial charge in [0.15, 0.2) is 11.5 Å². The zero-order valence-electron chi connectivity index (χ0n) is 24.3. The van der Waals surface area contributed by atoms with Gasteiger partial charge in [-0.25, -0.2) is 8.42 Å². The Hall–Kier alpha value is -3.47. The van der Waals surface area contributed by atoms with Crippen molar-refractivity contribution >= 4 is 50.7 Å². The van der Waals surface area contributed by atoms with Gasteiger partial charge in [-0.2, -0.15) is 0 Å². The quantitative estimate of drug-likeness (QED) is 0.265. The van der Waals surface area contributed by atoms with E-state index in [4.69, 9.17) is 32.7 Å². The number of benzene rings is 3. The van der Waals surface area contributed by atoms with Gasteiger partial charge in [-0.15, -0.1) is 0 Å². The van der Waals surface area contributed by atoms with Crippen LogP contribution in [0.15, 0.2) is 66.7 Å². The molecular weight excluding hydrogens is 613 g/mol. The van der Waals surface area contributed by atoms with Gasteiger partial charge in [-0.3, -0.25) is 13.9 Å². The fraction of sp³-hybridized carbons (Fsp3) is 0.355. The number of carbonyl (C=O) groups is 2. The van der Waals surface area contributed by atoms with Crippen LogP contribution in [0.25, 0.3) is 0 Å². The normalized spacial score (nSPS) is 13.7. The molecule has 43 heavy (non-hydrogen) atoms. The van der Waals surface area contributed by atoms with Crippen LogP contribution in [-0.2, 0) is 32.6 Å². The van der Waals surface area contributed by atoms with Crippen molar-refractivity contribution in [3.8, 4) is 11.5 Å². The van der Waals surface area contributed by atoms with Crippen molar-refractivity contribution in [1.82, 2.24) is 10.2 Å². The number of rotatable bonds is 13. The Morgan fingerprint density at radius 3 is 2.37 bits per heavy atom. The highest BCUT2D eigenvalue weighted by atomic mass is 35.5. The monoisotopic (exact) mass is 647 g/mol. The molecule has 9 nitrogen and oxygen atoms in total. The van der Waals surface area contributed by atoms with Crippen molar-refractivity contribution in [1.29, 1.82) is 0 Å². The highest BCUT2D eigenvalue weighted by molar-refractivity contribution is 7.92. The van der Waals surface area contributed by atoms with Crippen molar-refractivity contribution in [3.05, 3.63) is 87.9 Å². The maximum absolute atomic E-state index is 14.3. The fourth-order valence-corrected chi connectivity index (χ4v) is 6.11. The number of ether oxygens (including phenoxy) is 2. The smallest absolute Gasteiger partial charge is 0.244 e. The van der Waals surface area contributed by atoms with Crippen LogP contribution in [0.4, 0.5) is 5.69 Å². The predicted molar refractivity (Wildman–Crippen MR) is 168 cm³/mol. The Kier molecular flexibility index (Phi) is 10.8. The Morgan fingerprint density at radius 2 is 1.70 bits per heavy atom. The van der Waals surface area contributed by atoms with E-state index < -0.39 is 28.5 Å². The molecule has 1 aliphatic heterocycles. The average molecular weight is 649 g/mol. The third-order valence-corrected chi connectivity index (χ3v) is 9.58. The summed E-state index contributed by atoms with van der Waals surface area (Å²) in [7, 11) is -3.93. The van der Waals surface area contributed by atoms with E-state index in [2.05, 4.69) is 5.32 Å². The number of fused-ring (bicyclic) bond motifs is 1. The Balaban J connectivity index is 1.77. The van der Waals surface area contributed by atoms with Crippen LogP contribution in [0.5, 0.6) is 11.5 Å². The lowest BCUT2D eigenvalue weighted by Gasteiger charge is -2.34. The lowest BCUT2D eigenvalue weighted by atomic mass is 10.0. The maximum Gasteiger partial charge on any atom is 0.244 e. The molecule has 230 valence electrons. The van der Waals surface area contributed by atoms with E-state index in [0.717, 1.165) is 9.87 Å². The molecule has 0 aromatic heterocycles. The summed E-state index contributed by atoms with van der Waals surface area (Å²) >= 11 is 12.7. The zero-order chi connectivity index (χ0) is 31.1. The molecule has 2 atom stereocenters. The molecule has 0 fully saturated rings. The van der Waals surface area contributed by atoms with E-state index >= 15 is 0 Å². The van der Waals surface area contributed by atoms with Crippen LogP contribution in [0.2, 0.25) is 10.0 Å². The number of hydrogen-bond acceptors (Lipinski definition) is 6. The van der Waals surface area contributed by atoms with Crippen molar-refractivity contribution in [2.75, 3.05) is 23.4 Å². The number of hydrogen-bond donors (Lipinski definition) is 1. The lowest BCUT2D eigenvalue weighted by molar-refractivity contribution is -0.140. The van der Waals surface area contributed by atoms with Crippen molar-refractivity contribution in [3.63, 3.8) is 0 Å². The first-order valence-electron chi connectivity index (χ1n) is 14.0. The molecule has 0 spiro atoms. The third-order valence-electron chi connectivity index (χ3n) is 7.25. The van der Waals surface area contributed by atoms with Crippen molar-refractivity contribution in [2.24, 2.45) is 0 Å².